The van der Waals surface area contributed by atoms with E-state index in [1.165, 1.54) is 11.8 Å². The number of piperazine rings is 1. The monoisotopic (exact) mass is 467 g/mol. The molecule has 3 aromatic rings. The quantitative estimate of drug-likeness (QED) is 0.417. The van der Waals surface area contributed by atoms with E-state index in [2.05, 4.69) is 31.2 Å². The van der Waals surface area contributed by atoms with Crippen LogP contribution in [0.1, 0.15) is 0 Å². The molecular weight excluding hydrogens is 446 g/mol. The number of nitrogens with zero attached hydrogens (tertiary/aromatic N) is 4. The number of carbonyl (C=O) groups excluding carboxylic acids is 1. The SMILES string of the molecule is C#CCN1CCN(c2ccccc2NC(=O)CSc2nnc(-c3ccc(Cl)cc3)o2)CC1. The van der Waals surface area contributed by atoms with Gasteiger partial charge in [-0.2, -0.15) is 0 Å². The number of anilines is 2. The Hall–Kier alpha value is -2.99. The average molecular weight is 468 g/mol. The van der Waals surface area contributed by atoms with Crippen LogP contribution in [0.2, 0.25) is 5.02 Å². The van der Waals surface area contributed by atoms with Crippen LogP contribution in [0.25, 0.3) is 11.5 Å². The lowest BCUT2D eigenvalue weighted by Gasteiger charge is -2.36. The van der Waals surface area contributed by atoms with Crippen molar-refractivity contribution in [2.75, 3.05) is 48.7 Å². The molecule has 0 radical (unpaired) electrons. The zero-order chi connectivity index (χ0) is 22.3. The second kappa shape index (κ2) is 10.6. The fourth-order valence-electron chi connectivity index (χ4n) is 3.42. The van der Waals surface area contributed by atoms with Crippen LogP contribution in [-0.2, 0) is 4.79 Å². The summed E-state index contributed by atoms with van der Waals surface area (Å²) < 4.78 is 5.65. The first-order valence-corrected chi connectivity index (χ1v) is 11.5. The minimum atomic E-state index is -0.139. The van der Waals surface area contributed by atoms with Crippen molar-refractivity contribution in [2.45, 2.75) is 5.22 Å². The predicted molar refractivity (Wildman–Crippen MR) is 128 cm³/mol. The lowest BCUT2D eigenvalue weighted by Crippen LogP contribution is -2.46. The molecule has 2 heterocycles. The molecule has 1 N–H and O–H groups in total. The lowest BCUT2D eigenvalue weighted by molar-refractivity contribution is -0.113. The molecule has 0 spiro atoms. The van der Waals surface area contributed by atoms with Crippen LogP contribution in [0.15, 0.2) is 58.2 Å². The van der Waals surface area contributed by atoms with E-state index in [1.807, 2.05) is 24.3 Å². The topological polar surface area (TPSA) is 74.5 Å². The summed E-state index contributed by atoms with van der Waals surface area (Å²) >= 11 is 7.10. The van der Waals surface area contributed by atoms with Gasteiger partial charge in [0.15, 0.2) is 0 Å². The Morgan fingerprint density at radius 3 is 2.62 bits per heavy atom. The largest absolute Gasteiger partial charge is 0.411 e. The molecular formula is C23H22ClN5O2S. The van der Waals surface area contributed by atoms with Crippen molar-refractivity contribution >= 4 is 40.6 Å². The van der Waals surface area contributed by atoms with Crippen LogP contribution in [0.3, 0.4) is 0 Å². The van der Waals surface area contributed by atoms with Crippen LogP contribution in [0, 0.1) is 12.3 Å². The summed E-state index contributed by atoms with van der Waals surface area (Å²) in [6.45, 7) is 4.18. The molecule has 32 heavy (non-hydrogen) atoms. The van der Waals surface area contributed by atoms with Crippen molar-refractivity contribution in [3.63, 3.8) is 0 Å². The number of rotatable bonds is 7. The number of aromatic nitrogens is 2. The van der Waals surface area contributed by atoms with Gasteiger partial charge in [-0.3, -0.25) is 9.69 Å². The Bertz CT molecular complexity index is 1100. The third-order valence-electron chi connectivity index (χ3n) is 5.03. The molecule has 1 aromatic heterocycles. The van der Waals surface area contributed by atoms with Crippen molar-refractivity contribution < 1.29 is 9.21 Å². The molecule has 164 valence electrons. The molecule has 0 atom stereocenters. The molecule has 9 heteroatoms. The van der Waals surface area contributed by atoms with Crippen molar-refractivity contribution in [2.24, 2.45) is 0 Å². The summed E-state index contributed by atoms with van der Waals surface area (Å²) in [6.07, 6.45) is 5.42. The highest BCUT2D eigenvalue weighted by Crippen LogP contribution is 2.28. The van der Waals surface area contributed by atoms with E-state index in [0.29, 0.717) is 22.7 Å². The number of benzene rings is 2. The molecule has 1 fully saturated rings. The molecule has 2 aromatic carbocycles. The standard InChI is InChI=1S/C23H22ClN5O2S/c1-2-11-28-12-14-29(15-13-28)20-6-4-3-5-19(20)25-21(30)16-32-23-27-26-22(31-23)17-7-9-18(24)10-8-17/h1,3-10H,11-16H2,(H,25,30). The lowest BCUT2D eigenvalue weighted by atomic mass is 10.2. The first-order valence-electron chi connectivity index (χ1n) is 10.1. The van der Waals surface area contributed by atoms with Gasteiger partial charge in [0.25, 0.3) is 5.22 Å². The van der Waals surface area contributed by atoms with Gasteiger partial charge in [-0.15, -0.1) is 16.6 Å². The van der Waals surface area contributed by atoms with Crippen molar-refractivity contribution in [1.82, 2.24) is 15.1 Å². The van der Waals surface area contributed by atoms with E-state index in [-0.39, 0.29) is 11.7 Å². The van der Waals surface area contributed by atoms with Crippen LogP contribution >= 0.6 is 23.4 Å². The number of amides is 1. The van der Waals surface area contributed by atoms with E-state index in [1.54, 1.807) is 24.3 Å². The van der Waals surface area contributed by atoms with Crippen LogP contribution in [0.4, 0.5) is 11.4 Å². The summed E-state index contributed by atoms with van der Waals surface area (Å²) in [5.41, 5.74) is 2.57. The molecule has 1 saturated heterocycles. The highest BCUT2D eigenvalue weighted by molar-refractivity contribution is 7.99. The number of hydrogen-bond donors (Lipinski definition) is 1. The number of hydrogen-bond acceptors (Lipinski definition) is 7. The van der Waals surface area contributed by atoms with Gasteiger partial charge in [0.2, 0.25) is 11.8 Å². The van der Waals surface area contributed by atoms with Gasteiger partial charge >= 0.3 is 0 Å². The minimum Gasteiger partial charge on any atom is -0.411 e. The number of halogens is 1. The van der Waals surface area contributed by atoms with Crippen molar-refractivity contribution in [3.8, 4) is 23.8 Å². The minimum absolute atomic E-state index is 0.139. The van der Waals surface area contributed by atoms with Gasteiger partial charge in [0, 0.05) is 36.8 Å². The Kier molecular flexibility index (Phi) is 7.32. The Morgan fingerprint density at radius 1 is 1.12 bits per heavy atom. The fourth-order valence-corrected chi connectivity index (χ4v) is 4.11. The van der Waals surface area contributed by atoms with E-state index in [4.69, 9.17) is 22.4 Å². The molecule has 1 amide bonds. The molecule has 0 saturated carbocycles. The second-order valence-corrected chi connectivity index (χ2v) is 8.56. The third-order valence-corrected chi connectivity index (χ3v) is 6.10. The summed E-state index contributed by atoms with van der Waals surface area (Å²) in [6, 6.07) is 15.0. The summed E-state index contributed by atoms with van der Waals surface area (Å²) in [5, 5.41) is 12.0. The predicted octanol–water partition coefficient (Wildman–Crippen LogP) is 3.88. The van der Waals surface area contributed by atoms with E-state index in [0.717, 1.165) is 43.1 Å². The Balaban J connectivity index is 1.33. The summed E-state index contributed by atoms with van der Waals surface area (Å²) in [5.74, 6) is 3.10. The molecule has 0 aliphatic carbocycles. The zero-order valence-electron chi connectivity index (χ0n) is 17.3. The van der Waals surface area contributed by atoms with Crippen LogP contribution in [-0.4, -0.2) is 59.5 Å². The molecule has 4 rings (SSSR count). The second-order valence-electron chi connectivity index (χ2n) is 7.20. The maximum atomic E-state index is 12.6. The van der Waals surface area contributed by atoms with E-state index in [9.17, 15) is 4.79 Å². The number of carbonyl (C=O) groups is 1. The van der Waals surface area contributed by atoms with Gasteiger partial charge in [-0.25, -0.2) is 0 Å². The van der Waals surface area contributed by atoms with Crippen LogP contribution < -0.4 is 10.2 Å². The first kappa shape index (κ1) is 22.2. The van der Waals surface area contributed by atoms with Gasteiger partial charge < -0.3 is 14.6 Å². The number of para-hydroxylation sites is 2. The summed E-state index contributed by atoms with van der Waals surface area (Å²) in [4.78, 5) is 17.1. The molecule has 1 aliphatic heterocycles. The fraction of sp³-hybridized carbons (Fsp3) is 0.261. The molecule has 0 bridgehead atoms. The maximum absolute atomic E-state index is 12.6. The normalized spacial score (nSPS) is 14.2. The first-order chi connectivity index (χ1) is 15.6. The molecule has 1 aliphatic rings. The number of nitrogens with one attached hydrogen (secondary N) is 1. The van der Waals surface area contributed by atoms with E-state index < -0.39 is 0 Å². The smallest absolute Gasteiger partial charge is 0.277 e. The van der Waals surface area contributed by atoms with Crippen molar-refractivity contribution in [3.05, 3.63) is 53.6 Å². The van der Waals surface area contributed by atoms with Gasteiger partial charge in [0.05, 0.1) is 23.7 Å². The average Bonchev–Trinajstić information content (AvgIpc) is 3.29. The Morgan fingerprint density at radius 2 is 1.88 bits per heavy atom. The number of thioether (sulfide) groups is 1. The third kappa shape index (κ3) is 5.62. The highest BCUT2D eigenvalue weighted by atomic mass is 35.5. The summed E-state index contributed by atoms with van der Waals surface area (Å²) in [7, 11) is 0. The maximum Gasteiger partial charge on any atom is 0.277 e. The molecule has 0 unspecified atom stereocenters. The highest BCUT2D eigenvalue weighted by Gasteiger charge is 2.19. The van der Waals surface area contributed by atoms with Crippen molar-refractivity contribution in [1.29, 1.82) is 0 Å². The van der Waals surface area contributed by atoms with Gasteiger partial charge in [0.1, 0.15) is 0 Å². The van der Waals surface area contributed by atoms with Gasteiger partial charge in [-0.1, -0.05) is 41.4 Å². The van der Waals surface area contributed by atoms with Gasteiger partial charge in [-0.05, 0) is 36.4 Å². The molecule has 7 nitrogen and oxygen atoms in total. The Labute approximate surface area is 196 Å². The van der Waals surface area contributed by atoms with E-state index >= 15 is 0 Å². The zero-order valence-corrected chi connectivity index (χ0v) is 18.9. The number of terminal acetylenes is 1. The van der Waals surface area contributed by atoms with Crippen LogP contribution in [0.5, 0.6) is 0 Å².